The highest BCUT2D eigenvalue weighted by atomic mass is 16.5. The molecule has 0 spiro atoms. The van der Waals surface area contributed by atoms with Crippen LogP contribution in [0.5, 0.6) is 0 Å². The summed E-state index contributed by atoms with van der Waals surface area (Å²) in [5.74, 6) is 0. The molecular formula is C11H18N2O. The maximum atomic E-state index is 5.80. The van der Waals surface area contributed by atoms with E-state index in [0.717, 1.165) is 24.4 Å². The van der Waals surface area contributed by atoms with Crippen molar-refractivity contribution in [1.29, 1.82) is 0 Å². The topological polar surface area (TPSA) is 47.3 Å². The van der Waals surface area contributed by atoms with Crippen molar-refractivity contribution in [2.45, 2.75) is 19.4 Å². The van der Waals surface area contributed by atoms with Gasteiger partial charge in [-0.15, -0.1) is 0 Å². The molecule has 0 amide bonds. The Bertz CT molecular complexity index is 276. The van der Waals surface area contributed by atoms with E-state index >= 15 is 0 Å². The molecule has 1 aromatic carbocycles. The number of anilines is 2. The van der Waals surface area contributed by atoms with Gasteiger partial charge in [0.2, 0.25) is 0 Å². The van der Waals surface area contributed by atoms with Crippen LogP contribution in [0, 0.1) is 0 Å². The molecule has 0 aliphatic rings. The largest absolute Gasteiger partial charge is 0.397 e. The molecule has 0 aromatic heterocycles. The Balaban J connectivity index is 2.47. The van der Waals surface area contributed by atoms with Crippen molar-refractivity contribution >= 4 is 11.4 Å². The summed E-state index contributed by atoms with van der Waals surface area (Å²) in [4.78, 5) is 0. The summed E-state index contributed by atoms with van der Waals surface area (Å²) in [5.41, 5.74) is 7.59. The van der Waals surface area contributed by atoms with Crippen LogP contribution in [0.4, 0.5) is 11.4 Å². The molecule has 0 saturated heterocycles. The number of ether oxygens (including phenoxy) is 1. The molecule has 1 atom stereocenters. The van der Waals surface area contributed by atoms with Crippen LogP contribution in [0.15, 0.2) is 24.3 Å². The SMILES string of the molecule is COCCC(C)Nc1ccccc1N. The normalized spacial score (nSPS) is 12.4. The first-order valence-electron chi connectivity index (χ1n) is 4.84. The minimum Gasteiger partial charge on any atom is -0.397 e. The van der Waals surface area contributed by atoms with E-state index in [0.29, 0.717) is 6.04 Å². The van der Waals surface area contributed by atoms with Crippen LogP contribution in [-0.4, -0.2) is 19.8 Å². The zero-order valence-electron chi connectivity index (χ0n) is 8.79. The molecule has 0 bridgehead atoms. The summed E-state index contributed by atoms with van der Waals surface area (Å²) in [6.45, 7) is 2.88. The number of nitrogens with two attached hydrogens (primary N) is 1. The van der Waals surface area contributed by atoms with E-state index in [2.05, 4.69) is 12.2 Å². The van der Waals surface area contributed by atoms with E-state index in [-0.39, 0.29) is 0 Å². The van der Waals surface area contributed by atoms with Crippen LogP contribution in [0.2, 0.25) is 0 Å². The first kappa shape index (κ1) is 10.9. The van der Waals surface area contributed by atoms with E-state index in [1.54, 1.807) is 7.11 Å². The fourth-order valence-corrected chi connectivity index (χ4v) is 1.26. The second-order valence-corrected chi connectivity index (χ2v) is 3.41. The Kier molecular flexibility index (Phi) is 4.26. The van der Waals surface area contributed by atoms with Gasteiger partial charge < -0.3 is 15.8 Å². The Hall–Kier alpha value is -1.22. The van der Waals surface area contributed by atoms with Gasteiger partial charge in [0.05, 0.1) is 11.4 Å². The lowest BCUT2D eigenvalue weighted by molar-refractivity contribution is 0.191. The van der Waals surface area contributed by atoms with Crippen molar-refractivity contribution in [3.63, 3.8) is 0 Å². The van der Waals surface area contributed by atoms with Crippen molar-refractivity contribution in [2.75, 3.05) is 24.8 Å². The number of hydrogen-bond donors (Lipinski definition) is 2. The fourth-order valence-electron chi connectivity index (χ4n) is 1.26. The van der Waals surface area contributed by atoms with E-state index in [4.69, 9.17) is 10.5 Å². The van der Waals surface area contributed by atoms with Crippen LogP contribution in [-0.2, 0) is 4.74 Å². The van der Waals surface area contributed by atoms with Crippen LogP contribution >= 0.6 is 0 Å². The molecule has 3 N–H and O–H groups in total. The summed E-state index contributed by atoms with van der Waals surface area (Å²) in [5, 5.41) is 3.34. The molecule has 0 aliphatic heterocycles. The van der Waals surface area contributed by atoms with Gasteiger partial charge in [0.1, 0.15) is 0 Å². The van der Waals surface area contributed by atoms with Gasteiger partial charge in [0.15, 0.2) is 0 Å². The highest BCUT2D eigenvalue weighted by Gasteiger charge is 2.03. The van der Waals surface area contributed by atoms with Gasteiger partial charge in [-0.3, -0.25) is 0 Å². The number of hydrogen-bond acceptors (Lipinski definition) is 3. The lowest BCUT2D eigenvalue weighted by Crippen LogP contribution is -2.17. The predicted octanol–water partition coefficient (Wildman–Crippen LogP) is 2.11. The van der Waals surface area contributed by atoms with Gasteiger partial charge in [-0.2, -0.15) is 0 Å². The number of rotatable bonds is 5. The van der Waals surface area contributed by atoms with Gasteiger partial charge in [-0.1, -0.05) is 12.1 Å². The van der Waals surface area contributed by atoms with Crippen molar-refractivity contribution in [2.24, 2.45) is 0 Å². The summed E-state index contributed by atoms with van der Waals surface area (Å²) in [6, 6.07) is 8.16. The molecule has 3 heteroatoms. The van der Waals surface area contributed by atoms with Gasteiger partial charge in [-0.25, -0.2) is 0 Å². The average molecular weight is 194 g/mol. The zero-order valence-corrected chi connectivity index (χ0v) is 8.79. The number of methoxy groups -OCH3 is 1. The lowest BCUT2D eigenvalue weighted by atomic mass is 10.2. The van der Waals surface area contributed by atoms with Crippen molar-refractivity contribution in [1.82, 2.24) is 0 Å². The maximum absolute atomic E-state index is 5.80. The monoisotopic (exact) mass is 194 g/mol. The molecule has 1 aromatic rings. The number of nitrogens with one attached hydrogen (secondary N) is 1. The zero-order chi connectivity index (χ0) is 10.4. The summed E-state index contributed by atoms with van der Waals surface area (Å²) in [7, 11) is 1.71. The van der Waals surface area contributed by atoms with E-state index in [9.17, 15) is 0 Å². The van der Waals surface area contributed by atoms with Crippen LogP contribution in [0.25, 0.3) is 0 Å². The second kappa shape index (κ2) is 5.50. The number of para-hydroxylation sites is 2. The predicted molar refractivity (Wildman–Crippen MR) is 60.4 cm³/mol. The highest BCUT2D eigenvalue weighted by molar-refractivity contribution is 5.65. The Morgan fingerprint density at radius 1 is 1.43 bits per heavy atom. The Labute approximate surface area is 85.3 Å². The standard InChI is InChI=1S/C11H18N2O/c1-9(7-8-14-2)13-11-6-4-3-5-10(11)12/h3-6,9,13H,7-8,12H2,1-2H3. The molecule has 1 rings (SSSR count). The van der Waals surface area contributed by atoms with Crippen molar-refractivity contribution in [3.05, 3.63) is 24.3 Å². The van der Waals surface area contributed by atoms with Crippen molar-refractivity contribution < 1.29 is 4.74 Å². The first-order chi connectivity index (χ1) is 6.74. The van der Waals surface area contributed by atoms with E-state index in [1.165, 1.54) is 0 Å². The Morgan fingerprint density at radius 2 is 2.14 bits per heavy atom. The average Bonchev–Trinajstić information content (AvgIpc) is 2.18. The third-order valence-electron chi connectivity index (χ3n) is 2.12. The molecule has 3 nitrogen and oxygen atoms in total. The summed E-state index contributed by atoms with van der Waals surface area (Å²) < 4.78 is 5.01. The molecule has 14 heavy (non-hydrogen) atoms. The van der Waals surface area contributed by atoms with Crippen LogP contribution in [0.1, 0.15) is 13.3 Å². The summed E-state index contributed by atoms with van der Waals surface area (Å²) in [6.07, 6.45) is 0.977. The highest BCUT2D eigenvalue weighted by Crippen LogP contribution is 2.18. The van der Waals surface area contributed by atoms with E-state index < -0.39 is 0 Å². The smallest absolute Gasteiger partial charge is 0.0575 e. The quantitative estimate of drug-likeness (QED) is 0.706. The van der Waals surface area contributed by atoms with Crippen molar-refractivity contribution in [3.8, 4) is 0 Å². The molecule has 78 valence electrons. The minimum atomic E-state index is 0.375. The van der Waals surface area contributed by atoms with Gasteiger partial charge in [0, 0.05) is 19.8 Å². The molecule has 0 heterocycles. The third-order valence-corrected chi connectivity index (χ3v) is 2.12. The van der Waals surface area contributed by atoms with Crippen LogP contribution in [0.3, 0.4) is 0 Å². The molecule has 0 radical (unpaired) electrons. The molecule has 0 aliphatic carbocycles. The third kappa shape index (κ3) is 3.26. The number of benzene rings is 1. The second-order valence-electron chi connectivity index (χ2n) is 3.41. The Morgan fingerprint density at radius 3 is 2.79 bits per heavy atom. The van der Waals surface area contributed by atoms with E-state index in [1.807, 2.05) is 24.3 Å². The molecule has 0 fully saturated rings. The van der Waals surface area contributed by atoms with Gasteiger partial charge in [-0.05, 0) is 25.5 Å². The fraction of sp³-hybridized carbons (Fsp3) is 0.455. The first-order valence-corrected chi connectivity index (χ1v) is 4.84. The van der Waals surface area contributed by atoms with Gasteiger partial charge >= 0.3 is 0 Å². The van der Waals surface area contributed by atoms with Gasteiger partial charge in [0.25, 0.3) is 0 Å². The maximum Gasteiger partial charge on any atom is 0.0575 e. The van der Waals surface area contributed by atoms with Crippen LogP contribution < -0.4 is 11.1 Å². The molecular weight excluding hydrogens is 176 g/mol. The minimum absolute atomic E-state index is 0.375. The molecule has 1 unspecified atom stereocenters. The lowest BCUT2D eigenvalue weighted by Gasteiger charge is -2.16. The molecule has 0 saturated carbocycles. The summed E-state index contributed by atoms with van der Waals surface area (Å²) >= 11 is 0. The number of nitrogen functional groups attached to an aromatic ring is 1.